The molecule has 3 rings (SSSR count). The van der Waals surface area contributed by atoms with Gasteiger partial charge in [-0.15, -0.1) is 0 Å². The average molecular weight is 321 g/mol. The molecule has 0 fully saturated rings. The van der Waals surface area contributed by atoms with Gasteiger partial charge in [0.1, 0.15) is 0 Å². The number of hydrogen-bond acceptors (Lipinski definition) is 4. The third-order valence-electron chi connectivity index (χ3n) is 3.26. The van der Waals surface area contributed by atoms with E-state index in [9.17, 15) is 9.59 Å². The first-order chi connectivity index (χ1) is 11.7. The third-order valence-corrected chi connectivity index (χ3v) is 3.26. The Bertz CT molecular complexity index is 831. The van der Waals surface area contributed by atoms with Gasteiger partial charge in [-0.3, -0.25) is 14.6 Å². The lowest BCUT2D eigenvalue weighted by Crippen LogP contribution is -2.35. The molecule has 2 aromatic heterocycles. The van der Waals surface area contributed by atoms with Crippen molar-refractivity contribution in [2.24, 2.45) is 0 Å². The van der Waals surface area contributed by atoms with Crippen LogP contribution in [-0.4, -0.2) is 26.6 Å². The molecule has 0 aliphatic rings. The first kappa shape index (κ1) is 15.4. The molecule has 2 amide bonds. The lowest BCUT2D eigenvalue weighted by molar-refractivity contribution is -0.136. The number of anilines is 1. The summed E-state index contributed by atoms with van der Waals surface area (Å²) in [5, 5.41) is 9.23. The van der Waals surface area contributed by atoms with Crippen molar-refractivity contribution >= 4 is 17.5 Å². The number of hydrogen-bond donors (Lipinski definition) is 2. The molecule has 0 spiro atoms. The second-order valence-corrected chi connectivity index (χ2v) is 5.00. The van der Waals surface area contributed by atoms with Crippen molar-refractivity contribution < 1.29 is 9.59 Å². The van der Waals surface area contributed by atoms with Gasteiger partial charge in [-0.1, -0.05) is 12.1 Å². The number of nitrogens with zero attached hydrogens (tertiary/aromatic N) is 3. The van der Waals surface area contributed by atoms with Crippen molar-refractivity contribution in [1.29, 1.82) is 0 Å². The number of amides is 2. The van der Waals surface area contributed by atoms with Crippen LogP contribution in [0.25, 0.3) is 5.69 Å². The molecule has 0 aliphatic carbocycles. The topological polar surface area (TPSA) is 88.9 Å². The summed E-state index contributed by atoms with van der Waals surface area (Å²) in [6, 6.07) is 12.7. The van der Waals surface area contributed by atoms with Crippen LogP contribution in [0.4, 0.5) is 5.69 Å². The number of aromatic nitrogens is 3. The van der Waals surface area contributed by atoms with Crippen molar-refractivity contribution in [3.63, 3.8) is 0 Å². The standard InChI is InChI=1S/C17H15N5O2/c23-16(17(24)21-14-5-2-7-18-12-14)19-11-13-4-1-6-15(10-13)22-9-3-8-20-22/h1-10,12H,11H2,(H,19,23)(H,21,24). The van der Waals surface area contributed by atoms with Crippen LogP contribution in [0, 0.1) is 0 Å². The fourth-order valence-electron chi connectivity index (χ4n) is 2.12. The van der Waals surface area contributed by atoms with Crippen LogP contribution in [0.1, 0.15) is 5.56 Å². The molecule has 0 bridgehead atoms. The second-order valence-electron chi connectivity index (χ2n) is 5.00. The summed E-state index contributed by atoms with van der Waals surface area (Å²) in [5.74, 6) is -1.44. The number of carbonyl (C=O) groups is 2. The highest BCUT2D eigenvalue weighted by atomic mass is 16.2. The predicted octanol–water partition coefficient (Wildman–Crippen LogP) is 1.52. The van der Waals surface area contributed by atoms with Gasteiger partial charge >= 0.3 is 11.8 Å². The van der Waals surface area contributed by atoms with E-state index in [1.165, 1.54) is 6.20 Å². The van der Waals surface area contributed by atoms with Gasteiger partial charge in [0.05, 0.1) is 17.6 Å². The number of benzene rings is 1. The zero-order chi connectivity index (χ0) is 16.8. The highest BCUT2D eigenvalue weighted by molar-refractivity contribution is 6.39. The van der Waals surface area contributed by atoms with Crippen LogP contribution in [-0.2, 0) is 16.1 Å². The van der Waals surface area contributed by atoms with Crippen molar-refractivity contribution in [2.45, 2.75) is 6.54 Å². The zero-order valence-electron chi connectivity index (χ0n) is 12.7. The lowest BCUT2D eigenvalue weighted by atomic mass is 10.2. The molecule has 24 heavy (non-hydrogen) atoms. The number of carbonyl (C=O) groups excluding carboxylic acids is 2. The van der Waals surface area contributed by atoms with E-state index in [4.69, 9.17) is 0 Å². The van der Waals surface area contributed by atoms with Gasteiger partial charge in [-0.25, -0.2) is 4.68 Å². The summed E-state index contributed by atoms with van der Waals surface area (Å²) in [6.45, 7) is 0.244. The van der Waals surface area contributed by atoms with Gasteiger partial charge in [0.2, 0.25) is 0 Å². The summed E-state index contributed by atoms with van der Waals surface area (Å²) < 4.78 is 1.72. The van der Waals surface area contributed by atoms with E-state index in [2.05, 4.69) is 20.7 Å². The van der Waals surface area contributed by atoms with Crippen molar-refractivity contribution in [2.75, 3.05) is 5.32 Å². The minimum atomic E-state index is -0.730. The Labute approximate surface area is 138 Å². The van der Waals surface area contributed by atoms with Crippen molar-refractivity contribution in [3.8, 4) is 5.69 Å². The SMILES string of the molecule is O=C(NCc1cccc(-n2cccn2)c1)C(=O)Nc1cccnc1. The molecule has 0 atom stereocenters. The molecule has 0 radical (unpaired) electrons. The van der Waals surface area contributed by atoms with E-state index < -0.39 is 11.8 Å². The van der Waals surface area contributed by atoms with Gasteiger partial charge < -0.3 is 10.6 Å². The Balaban J connectivity index is 1.58. The number of pyridine rings is 1. The summed E-state index contributed by atoms with van der Waals surface area (Å²) in [7, 11) is 0. The Morgan fingerprint density at radius 2 is 1.96 bits per heavy atom. The van der Waals surface area contributed by atoms with Crippen LogP contribution >= 0.6 is 0 Å². The summed E-state index contributed by atoms with van der Waals surface area (Å²) in [4.78, 5) is 27.6. The summed E-state index contributed by atoms with van der Waals surface area (Å²) >= 11 is 0. The normalized spacial score (nSPS) is 10.2. The van der Waals surface area contributed by atoms with E-state index in [1.54, 1.807) is 29.2 Å². The Morgan fingerprint density at radius 3 is 2.71 bits per heavy atom. The van der Waals surface area contributed by atoms with Gasteiger partial charge in [-0.05, 0) is 35.9 Å². The van der Waals surface area contributed by atoms with E-state index >= 15 is 0 Å². The summed E-state index contributed by atoms with van der Waals surface area (Å²) in [5.41, 5.74) is 2.22. The van der Waals surface area contributed by atoms with Gasteiger partial charge in [-0.2, -0.15) is 5.10 Å². The molecule has 0 unspecified atom stereocenters. The fourth-order valence-corrected chi connectivity index (χ4v) is 2.12. The molecule has 1 aromatic carbocycles. The van der Waals surface area contributed by atoms with Crippen LogP contribution in [0.3, 0.4) is 0 Å². The van der Waals surface area contributed by atoms with E-state index in [-0.39, 0.29) is 6.54 Å². The Kier molecular flexibility index (Phi) is 4.62. The lowest BCUT2D eigenvalue weighted by Gasteiger charge is -2.08. The maximum Gasteiger partial charge on any atom is 0.313 e. The largest absolute Gasteiger partial charge is 0.344 e. The van der Waals surface area contributed by atoms with Crippen LogP contribution in [0.5, 0.6) is 0 Å². The fraction of sp³-hybridized carbons (Fsp3) is 0.0588. The van der Waals surface area contributed by atoms with E-state index in [1.807, 2.05) is 36.5 Å². The van der Waals surface area contributed by atoms with Gasteiger partial charge in [0.15, 0.2) is 0 Å². The molecule has 7 nitrogen and oxygen atoms in total. The quantitative estimate of drug-likeness (QED) is 0.713. The van der Waals surface area contributed by atoms with Crippen LogP contribution in [0.2, 0.25) is 0 Å². The van der Waals surface area contributed by atoms with E-state index in [0.717, 1.165) is 11.3 Å². The van der Waals surface area contributed by atoms with Crippen molar-refractivity contribution in [1.82, 2.24) is 20.1 Å². The molecule has 0 saturated heterocycles. The third kappa shape index (κ3) is 3.83. The zero-order valence-corrected chi connectivity index (χ0v) is 12.7. The number of rotatable bonds is 4. The van der Waals surface area contributed by atoms with E-state index in [0.29, 0.717) is 5.69 Å². The molecule has 0 saturated carbocycles. The molecule has 120 valence electrons. The average Bonchev–Trinajstić information content (AvgIpc) is 3.15. The molecule has 0 aliphatic heterocycles. The minimum Gasteiger partial charge on any atom is -0.344 e. The van der Waals surface area contributed by atoms with Crippen molar-refractivity contribution in [3.05, 3.63) is 72.8 Å². The molecule has 3 aromatic rings. The minimum absolute atomic E-state index is 0.244. The first-order valence-corrected chi connectivity index (χ1v) is 7.30. The van der Waals surface area contributed by atoms with Crippen LogP contribution < -0.4 is 10.6 Å². The molecule has 2 N–H and O–H groups in total. The highest BCUT2D eigenvalue weighted by Gasteiger charge is 2.13. The van der Waals surface area contributed by atoms with Gasteiger partial charge in [0, 0.05) is 25.1 Å². The molecular weight excluding hydrogens is 306 g/mol. The molecule has 2 heterocycles. The van der Waals surface area contributed by atoms with Crippen LogP contribution in [0.15, 0.2) is 67.3 Å². The maximum atomic E-state index is 11.9. The van der Waals surface area contributed by atoms with Gasteiger partial charge in [0.25, 0.3) is 0 Å². The molecule has 7 heteroatoms. The monoisotopic (exact) mass is 321 g/mol. The number of nitrogens with one attached hydrogen (secondary N) is 2. The predicted molar refractivity (Wildman–Crippen MR) is 88.3 cm³/mol. The maximum absolute atomic E-state index is 11.9. The first-order valence-electron chi connectivity index (χ1n) is 7.30. The second kappa shape index (κ2) is 7.19. The Hall–Kier alpha value is -3.48. The molecular formula is C17H15N5O2. The highest BCUT2D eigenvalue weighted by Crippen LogP contribution is 2.09. The Morgan fingerprint density at radius 1 is 1.04 bits per heavy atom. The summed E-state index contributed by atoms with van der Waals surface area (Å²) in [6.07, 6.45) is 6.58. The smallest absolute Gasteiger partial charge is 0.313 e.